The summed E-state index contributed by atoms with van der Waals surface area (Å²) in [6.45, 7) is 3.39. The summed E-state index contributed by atoms with van der Waals surface area (Å²) in [5, 5.41) is 3.18. The van der Waals surface area contributed by atoms with Crippen LogP contribution in [0.25, 0.3) is 0 Å². The molecular formula is C12H21ClN4O4S. The second-order valence-electron chi connectivity index (χ2n) is 5.45. The molecule has 22 heavy (non-hydrogen) atoms. The first kappa shape index (κ1) is 18.9. The lowest BCUT2D eigenvalue weighted by molar-refractivity contribution is 0.328. The summed E-state index contributed by atoms with van der Waals surface area (Å²) in [6, 6.07) is -0.224. The molecule has 0 spiro atoms. The number of rotatable bonds is 3. The van der Waals surface area contributed by atoms with Gasteiger partial charge in [-0.2, -0.15) is 0 Å². The Bertz CT molecular complexity index is 755. The third kappa shape index (κ3) is 3.60. The van der Waals surface area contributed by atoms with Crippen LogP contribution in [0.5, 0.6) is 0 Å². The molecular weight excluding hydrogens is 332 g/mol. The molecule has 0 aromatic carbocycles. The summed E-state index contributed by atoms with van der Waals surface area (Å²) in [5.41, 5.74) is -1.37. The minimum atomic E-state index is -3.96. The van der Waals surface area contributed by atoms with Gasteiger partial charge in [-0.05, 0) is 25.4 Å². The average Bonchev–Trinajstić information content (AvgIpc) is 2.42. The van der Waals surface area contributed by atoms with E-state index in [9.17, 15) is 18.0 Å². The van der Waals surface area contributed by atoms with E-state index in [2.05, 4.69) is 10.0 Å². The maximum absolute atomic E-state index is 12.4. The number of nitrogens with one attached hydrogen (secondary N) is 2. The number of aromatic nitrogens is 2. The summed E-state index contributed by atoms with van der Waals surface area (Å²) < 4.78 is 29.3. The molecule has 126 valence electrons. The summed E-state index contributed by atoms with van der Waals surface area (Å²) >= 11 is 0. The quantitative estimate of drug-likeness (QED) is 0.710. The number of halogens is 1. The fraction of sp³-hybridized carbons (Fsp3) is 0.667. The van der Waals surface area contributed by atoms with Crippen LogP contribution in [-0.4, -0.2) is 36.7 Å². The van der Waals surface area contributed by atoms with Crippen molar-refractivity contribution in [2.24, 2.45) is 20.0 Å². The van der Waals surface area contributed by atoms with E-state index in [1.54, 1.807) is 0 Å². The van der Waals surface area contributed by atoms with Gasteiger partial charge in [-0.3, -0.25) is 9.36 Å². The molecule has 2 heterocycles. The summed E-state index contributed by atoms with van der Waals surface area (Å²) in [6.07, 6.45) is 1.73. The zero-order valence-corrected chi connectivity index (χ0v) is 14.3. The Morgan fingerprint density at radius 2 is 1.95 bits per heavy atom. The highest BCUT2D eigenvalue weighted by molar-refractivity contribution is 7.89. The molecule has 1 aliphatic rings. The third-order valence-electron chi connectivity index (χ3n) is 3.80. The van der Waals surface area contributed by atoms with Crippen LogP contribution in [0.3, 0.4) is 0 Å². The van der Waals surface area contributed by atoms with Crippen LogP contribution in [0.15, 0.2) is 20.7 Å². The van der Waals surface area contributed by atoms with Gasteiger partial charge in [0.2, 0.25) is 10.0 Å². The fourth-order valence-electron chi connectivity index (χ4n) is 2.41. The average molecular weight is 353 g/mol. The molecule has 1 fully saturated rings. The van der Waals surface area contributed by atoms with Gasteiger partial charge >= 0.3 is 5.69 Å². The maximum Gasteiger partial charge on any atom is 0.330 e. The Kier molecular flexibility index (Phi) is 5.96. The van der Waals surface area contributed by atoms with Gasteiger partial charge in [0, 0.05) is 26.3 Å². The molecule has 0 radical (unpaired) electrons. The van der Waals surface area contributed by atoms with E-state index in [0.717, 1.165) is 28.4 Å². The van der Waals surface area contributed by atoms with Crippen molar-refractivity contribution in [1.29, 1.82) is 0 Å². The maximum atomic E-state index is 12.4. The molecule has 2 N–H and O–H groups in total. The number of piperidine rings is 1. The molecule has 1 aromatic rings. The highest BCUT2D eigenvalue weighted by atomic mass is 35.5. The van der Waals surface area contributed by atoms with Crippen molar-refractivity contribution in [2.75, 3.05) is 13.1 Å². The Morgan fingerprint density at radius 3 is 2.55 bits per heavy atom. The van der Waals surface area contributed by atoms with Crippen molar-refractivity contribution in [3.8, 4) is 0 Å². The molecule has 0 aliphatic carbocycles. The Balaban J connectivity index is 0.00000242. The van der Waals surface area contributed by atoms with Gasteiger partial charge in [0.1, 0.15) is 0 Å². The minimum Gasteiger partial charge on any atom is -0.316 e. The van der Waals surface area contributed by atoms with E-state index in [0.29, 0.717) is 6.42 Å². The van der Waals surface area contributed by atoms with Crippen LogP contribution in [0.2, 0.25) is 0 Å². The van der Waals surface area contributed by atoms with Crippen LogP contribution in [0.4, 0.5) is 0 Å². The molecule has 2 atom stereocenters. The zero-order valence-electron chi connectivity index (χ0n) is 12.7. The number of nitrogens with zero attached hydrogens (tertiary/aromatic N) is 2. The number of sulfonamides is 1. The topological polar surface area (TPSA) is 102 Å². The van der Waals surface area contributed by atoms with E-state index >= 15 is 0 Å². The first-order valence-corrected chi connectivity index (χ1v) is 8.22. The largest absolute Gasteiger partial charge is 0.330 e. The highest BCUT2D eigenvalue weighted by Crippen LogP contribution is 2.13. The lowest BCUT2D eigenvalue weighted by atomic mass is 9.97. The van der Waals surface area contributed by atoms with Gasteiger partial charge in [-0.1, -0.05) is 6.92 Å². The van der Waals surface area contributed by atoms with Crippen LogP contribution >= 0.6 is 12.4 Å². The van der Waals surface area contributed by atoms with Gasteiger partial charge in [-0.15, -0.1) is 12.4 Å². The molecule has 0 bridgehead atoms. The van der Waals surface area contributed by atoms with Crippen LogP contribution < -0.4 is 21.3 Å². The Labute approximate surface area is 135 Å². The number of aryl methyl sites for hydroxylation is 1. The Hall–Kier alpha value is -1.16. The summed E-state index contributed by atoms with van der Waals surface area (Å²) in [7, 11) is -1.28. The van der Waals surface area contributed by atoms with Crippen LogP contribution in [0.1, 0.15) is 13.3 Å². The second kappa shape index (κ2) is 6.95. The van der Waals surface area contributed by atoms with Crippen molar-refractivity contribution in [2.45, 2.75) is 24.3 Å². The molecule has 8 nitrogen and oxygen atoms in total. The lowest BCUT2D eigenvalue weighted by Gasteiger charge is -2.29. The van der Waals surface area contributed by atoms with E-state index in [-0.39, 0.29) is 24.4 Å². The van der Waals surface area contributed by atoms with E-state index in [4.69, 9.17) is 0 Å². The van der Waals surface area contributed by atoms with Gasteiger partial charge in [0.05, 0.1) is 0 Å². The minimum absolute atomic E-state index is 0. The van der Waals surface area contributed by atoms with Crippen molar-refractivity contribution >= 4 is 22.4 Å². The molecule has 1 saturated heterocycles. The zero-order chi connectivity index (χ0) is 15.8. The number of hydrogen-bond acceptors (Lipinski definition) is 5. The normalized spacial score (nSPS) is 22.1. The van der Waals surface area contributed by atoms with Gasteiger partial charge < -0.3 is 9.88 Å². The first-order valence-electron chi connectivity index (χ1n) is 6.73. The standard InChI is InChI=1S/C12H20N4O4S.ClH/c1-8-6-13-5-4-9(8)14-21(19,20)10-7-15(2)12(18)16(3)11(10)17;/h7-9,13-14H,4-6H2,1-3H3;1H. The molecule has 2 rings (SSSR count). The fourth-order valence-corrected chi connectivity index (χ4v) is 3.95. The van der Waals surface area contributed by atoms with Crippen LogP contribution in [-0.2, 0) is 24.1 Å². The Morgan fingerprint density at radius 1 is 1.32 bits per heavy atom. The molecule has 10 heteroatoms. The van der Waals surface area contributed by atoms with Gasteiger partial charge in [0.15, 0.2) is 4.90 Å². The highest BCUT2D eigenvalue weighted by Gasteiger charge is 2.29. The van der Waals surface area contributed by atoms with Crippen molar-refractivity contribution in [3.05, 3.63) is 27.0 Å². The number of hydrogen-bond donors (Lipinski definition) is 2. The predicted molar refractivity (Wildman–Crippen MR) is 84.9 cm³/mol. The van der Waals surface area contributed by atoms with Crippen molar-refractivity contribution < 1.29 is 8.42 Å². The second-order valence-corrected chi connectivity index (χ2v) is 7.13. The summed E-state index contributed by atoms with van der Waals surface area (Å²) in [4.78, 5) is 23.2. The predicted octanol–water partition coefficient (Wildman–Crippen LogP) is -1.22. The smallest absolute Gasteiger partial charge is 0.316 e. The van der Waals surface area contributed by atoms with Crippen LogP contribution in [0, 0.1) is 5.92 Å². The van der Waals surface area contributed by atoms with E-state index in [1.165, 1.54) is 14.1 Å². The molecule has 2 unspecified atom stereocenters. The lowest BCUT2D eigenvalue weighted by Crippen LogP contribution is -2.50. The molecule has 0 saturated carbocycles. The summed E-state index contributed by atoms with van der Waals surface area (Å²) in [5.74, 6) is 0.130. The van der Waals surface area contributed by atoms with E-state index in [1.807, 2.05) is 6.92 Å². The van der Waals surface area contributed by atoms with Crippen molar-refractivity contribution in [3.63, 3.8) is 0 Å². The first-order chi connectivity index (χ1) is 9.74. The van der Waals surface area contributed by atoms with Crippen molar-refractivity contribution in [1.82, 2.24) is 19.2 Å². The van der Waals surface area contributed by atoms with Gasteiger partial charge in [-0.25, -0.2) is 17.9 Å². The third-order valence-corrected chi connectivity index (χ3v) is 5.27. The van der Waals surface area contributed by atoms with Gasteiger partial charge in [0.25, 0.3) is 5.56 Å². The van der Waals surface area contributed by atoms with E-state index < -0.39 is 26.2 Å². The molecule has 1 aromatic heterocycles. The molecule has 1 aliphatic heterocycles. The SMILES string of the molecule is CC1CNCCC1NS(=O)(=O)c1cn(C)c(=O)n(C)c1=O.Cl. The molecule has 0 amide bonds. The monoisotopic (exact) mass is 352 g/mol.